The van der Waals surface area contributed by atoms with Gasteiger partial charge in [-0.3, -0.25) is 9.58 Å². The van der Waals surface area contributed by atoms with E-state index < -0.39 is 0 Å². The first-order valence-corrected chi connectivity index (χ1v) is 9.43. The Labute approximate surface area is 159 Å². The van der Waals surface area contributed by atoms with Gasteiger partial charge in [0.1, 0.15) is 11.5 Å². The van der Waals surface area contributed by atoms with E-state index in [-0.39, 0.29) is 6.10 Å². The molecule has 0 spiro atoms. The topological polar surface area (TPSA) is 50.5 Å². The van der Waals surface area contributed by atoms with E-state index in [2.05, 4.69) is 28.3 Å². The van der Waals surface area contributed by atoms with Crippen molar-refractivity contribution in [3.63, 3.8) is 0 Å². The third-order valence-corrected chi connectivity index (χ3v) is 4.96. The van der Waals surface area contributed by atoms with Crippen molar-refractivity contribution in [1.82, 2.24) is 14.7 Å². The van der Waals surface area contributed by atoms with Gasteiger partial charge >= 0.3 is 0 Å². The Bertz CT molecular complexity index is 866. The highest BCUT2D eigenvalue weighted by atomic mass is 16.5. The Morgan fingerprint density at radius 3 is 2.37 bits per heavy atom. The summed E-state index contributed by atoms with van der Waals surface area (Å²) in [6, 6.07) is 17.9. The van der Waals surface area contributed by atoms with Crippen LogP contribution < -0.4 is 4.74 Å². The molecule has 1 N–H and O–H groups in total. The van der Waals surface area contributed by atoms with Gasteiger partial charge in [0.25, 0.3) is 0 Å². The average Bonchev–Trinajstić information content (AvgIpc) is 3.05. The lowest BCUT2D eigenvalue weighted by atomic mass is 10.0. The Kier molecular flexibility index (Phi) is 5.23. The molecule has 0 radical (unpaired) electrons. The Hall–Kier alpha value is -2.63. The molecule has 0 bridgehead atoms. The van der Waals surface area contributed by atoms with Crippen LogP contribution in [-0.4, -0.2) is 39.0 Å². The highest BCUT2D eigenvalue weighted by Gasteiger charge is 2.19. The lowest BCUT2D eigenvalue weighted by Gasteiger charge is -2.29. The Morgan fingerprint density at radius 2 is 1.67 bits per heavy atom. The number of nitrogens with zero attached hydrogens (tertiary/aromatic N) is 3. The van der Waals surface area contributed by atoms with Crippen molar-refractivity contribution < 1.29 is 9.84 Å². The van der Waals surface area contributed by atoms with Gasteiger partial charge in [-0.05, 0) is 49.2 Å². The zero-order valence-electron chi connectivity index (χ0n) is 15.6. The predicted molar refractivity (Wildman–Crippen MR) is 106 cm³/mol. The zero-order chi connectivity index (χ0) is 18.6. The summed E-state index contributed by atoms with van der Waals surface area (Å²) in [4.78, 5) is 2.39. The van der Waals surface area contributed by atoms with Crippen LogP contribution in [0.2, 0.25) is 0 Å². The highest BCUT2D eigenvalue weighted by molar-refractivity contribution is 5.63. The fourth-order valence-corrected chi connectivity index (χ4v) is 3.52. The second-order valence-electron chi connectivity index (χ2n) is 7.12. The van der Waals surface area contributed by atoms with Gasteiger partial charge in [-0.2, -0.15) is 5.10 Å². The number of aryl methyl sites for hydroxylation is 1. The standard InChI is InChI=1S/C22H25N3O2/c1-24-15-18(16-25-13-11-19(26)12-14-25)22(23-24)17-7-9-21(10-8-17)27-20-5-3-2-4-6-20/h2-10,15,19,26H,11-14,16H2,1H3. The molecule has 1 aliphatic rings. The van der Waals surface area contributed by atoms with Gasteiger partial charge in [0.15, 0.2) is 0 Å². The predicted octanol–water partition coefficient (Wildman–Crippen LogP) is 3.84. The molecular weight excluding hydrogens is 338 g/mol. The molecule has 4 rings (SSSR count). The largest absolute Gasteiger partial charge is 0.457 e. The van der Waals surface area contributed by atoms with Crippen LogP contribution in [0.1, 0.15) is 18.4 Å². The summed E-state index contributed by atoms with van der Waals surface area (Å²) >= 11 is 0. The monoisotopic (exact) mass is 363 g/mol. The molecule has 1 aromatic heterocycles. The molecule has 0 atom stereocenters. The molecule has 0 aliphatic carbocycles. The van der Waals surface area contributed by atoms with E-state index in [9.17, 15) is 5.11 Å². The zero-order valence-corrected chi connectivity index (χ0v) is 15.6. The fourth-order valence-electron chi connectivity index (χ4n) is 3.52. The number of rotatable bonds is 5. The van der Waals surface area contributed by atoms with Gasteiger partial charge in [-0.15, -0.1) is 0 Å². The lowest BCUT2D eigenvalue weighted by Crippen LogP contribution is -2.35. The SMILES string of the molecule is Cn1cc(CN2CCC(O)CC2)c(-c2ccc(Oc3ccccc3)cc2)n1. The van der Waals surface area contributed by atoms with Crippen LogP contribution in [0, 0.1) is 0 Å². The van der Waals surface area contributed by atoms with Crippen molar-refractivity contribution in [3.8, 4) is 22.8 Å². The summed E-state index contributed by atoms with van der Waals surface area (Å²) in [7, 11) is 1.96. The number of likely N-dealkylation sites (tertiary alicyclic amines) is 1. The van der Waals surface area contributed by atoms with E-state index in [0.29, 0.717) is 0 Å². The van der Waals surface area contributed by atoms with Crippen LogP contribution in [0.25, 0.3) is 11.3 Å². The van der Waals surface area contributed by atoms with Crippen molar-refractivity contribution in [3.05, 3.63) is 66.4 Å². The summed E-state index contributed by atoms with van der Waals surface area (Å²) in [5.74, 6) is 1.64. The van der Waals surface area contributed by atoms with Crippen molar-refractivity contribution in [2.75, 3.05) is 13.1 Å². The van der Waals surface area contributed by atoms with Crippen LogP contribution in [-0.2, 0) is 13.6 Å². The molecule has 0 unspecified atom stereocenters. The highest BCUT2D eigenvalue weighted by Crippen LogP contribution is 2.28. The number of hydrogen-bond donors (Lipinski definition) is 1. The molecular formula is C22H25N3O2. The quantitative estimate of drug-likeness (QED) is 0.748. The van der Waals surface area contributed by atoms with E-state index in [1.807, 2.05) is 54.2 Å². The van der Waals surface area contributed by atoms with Crippen molar-refractivity contribution in [2.45, 2.75) is 25.5 Å². The van der Waals surface area contributed by atoms with Crippen LogP contribution in [0.15, 0.2) is 60.8 Å². The van der Waals surface area contributed by atoms with Crippen molar-refractivity contribution in [2.24, 2.45) is 7.05 Å². The van der Waals surface area contributed by atoms with Gasteiger partial charge in [-0.25, -0.2) is 0 Å². The molecule has 1 saturated heterocycles. The smallest absolute Gasteiger partial charge is 0.127 e. The Balaban J connectivity index is 1.49. The maximum atomic E-state index is 9.71. The third-order valence-electron chi connectivity index (χ3n) is 4.96. The minimum absolute atomic E-state index is 0.147. The first-order valence-electron chi connectivity index (χ1n) is 9.43. The van der Waals surface area contributed by atoms with Gasteiger partial charge in [0.2, 0.25) is 0 Å². The maximum absolute atomic E-state index is 9.71. The number of benzene rings is 2. The van der Waals surface area contributed by atoms with Crippen LogP contribution in [0.4, 0.5) is 0 Å². The molecule has 0 amide bonds. The third kappa shape index (κ3) is 4.38. The minimum atomic E-state index is -0.147. The average molecular weight is 363 g/mol. The number of hydrogen-bond acceptors (Lipinski definition) is 4. The summed E-state index contributed by atoms with van der Waals surface area (Å²) in [5.41, 5.74) is 3.31. The summed E-state index contributed by atoms with van der Waals surface area (Å²) in [6.07, 6.45) is 3.64. The van der Waals surface area contributed by atoms with Crippen molar-refractivity contribution >= 4 is 0 Å². The van der Waals surface area contributed by atoms with E-state index >= 15 is 0 Å². The second-order valence-corrected chi connectivity index (χ2v) is 7.12. The van der Waals surface area contributed by atoms with E-state index in [1.54, 1.807) is 0 Å². The van der Waals surface area contributed by atoms with E-state index in [0.717, 1.165) is 55.2 Å². The Morgan fingerprint density at radius 1 is 1.00 bits per heavy atom. The van der Waals surface area contributed by atoms with Gasteiger partial charge in [0.05, 0.1) is 11.8 Å². The maximum Gasteiger partial charge on any atom is 0.127 e. The number of aliphatic hydroxyl groups is 1. The van der Waals surface area contributed by atoms with Gasteiger partial charge in [-0.1, -0.05) is 18.2 Å². The van der Waals surface area contributed by atoms with Gasteiger partial charge in [0, 0.05) is 44.0 Å². The summed E-state index contributed by atoms with van der Waals surface area (Å²) in [6.45, 7) is 2.72. The normalized spacial score (nSPS) is 15.8. The molecule has 1 fully saturated rings. The molecule has 5 heteroatoms. The van der Waals surface area contributed by atoms with Crippen molar-refractivity contribution in [1.29, 1.82) is 0 Å². The molecule has 5 nitrogen and oxygen atoms in total. The lowest BCUT2D eigenvalue weighted by molar-refractivity contribution is 0.0793. The molecule has 2 aromatic carbocycles. The van der Waals surface area contributed by atoms with E-state index in [1.165, 1.54) is 5.56 Å². The molecule has 0 saturated carbocycles. The minimum Gasteiger partial charge on any atom is -0.457 e. The van der Waals surface area contributed by atoms with Gasteiger partial charge < -0.3 is 9.84 Å². The molecule has 3 aromatic rings. The van der Waals surface area contributed by atoms with Crippen LogP contribution in [0.3, 0.4) is 0 Å². The number of piperidine rings is 1. The number of para-hydroxylation sites is 1. The molecule has 140 valence electrons. The number of aromatic nitrogens is 2. The first-order chi connectivity index (χ1) is 13.2. The molecule has 27 heavy (non-hydrogen) atoms. The second kappa shape index (κ2) is 7.94. The van der Waals surface area contributed by atoms with E-state index in [4.69, 9.17) is 4.74 Å². The number of ether oxygens (including phenoxy) is 1. The van der Waals surface area contributed by atoms with Crippen LogP contribution >= 0.6 is 0 Å². The van der Waals surface area contributed by atoms with Crippen LogP contribution in [0.5, 0.6) is 11.5 Å². The molecule has 2 heterocycles. The summed E-state index contributed by atoms with van der Waals surface area (Å²) in [5, 5.41) is 14.4. The summed E-state index contributed by atoms with van der Waals surface area (Å²) < 4.78 is 7.75. The number of aliphatic hydroxyl groups excluding tert-OH is 1. The first kappa shape index (κ1) is 17.8. The fraction of sp³-hybridized carbons (Fsp3) is 0.318. The molecule has 1 aliphatic heterocycles.